The Hall–Kier alpha value is -2.53. The first-order valence-corrected chi connectivity index (χ1v) is 7.44. The van der Waals surface area contributed by atoms with Crippen LogP contribution < -0.4 is 15.4 Å². The molecule has 0 radical (unpaired) electrons. The van der Waals surface area contributed by atoms with Gasteiger partial charge in [0.15, 0.2) is 0 Å². The topological polar surface area (TPSA) is 70.6 Å². The molecule has 122 valence electrons. The third kappa shape index (κ3) is 4.47. The van der Waals surface area contributed by atoms with Gasteiger partial charge in [-0.2, -0.15) is 0 Å². The zero-order valence-corrected chi connectivity index (χ0v) is 13.6. The molecule has 2 amide bonds. The summed E-state index contributed by atoms with van der Waals surface area (Å²) in [4.78, 5) is 12.0. The van der Waals surface area contributed by atoms with Crippen molar-refractivity contribution in [1.29, 1.82) is 0 Å². The van der Waals surface area contributed by atoms with E-state index < -0.39 is 6.10 Å². The lowest BCUT2D eigenvalue weighted by Crippen LogP contribution is -2.32. The second-order valence-corrected chi connectivity index (χ2v) is 5.39. The van der Waals surface area contributed by atoms with E-state index in [9.17, 15) is 9.90 Å². The zero-order valence-electron chi connectivity index (χ0n) is 13.6. The van der Waals surface area contributed by atoms with Crippen molar-refractivity contribution in [2.75, 3.05) is 19.0 Å². The van der Waals surface area contributed by atoms with Crippen molar-refractivity contribution >= 4 is 11.7 Å². The highest BCUT2D eigenvalue weighted by Gasteiger charge is 2.12. The number of ether oxygens (including phenoxy) is 1. The van der Waals surface area contributed by atoms with E-state index in [-0.39, 0.29) is 12.6 Å². The first kappa shape index (κ1) is 16.8. The van der Waals surface area contributed by atoms with Gasteiger partial charge in [0.1, 0.15) is 5.75 Å². The number of carbonyl (C=O) groups excluding carboxylic acids is 1. The van der Waals surface area contributed by atoms with E-state index in [1.54, 1.807) is 19.2 Å². The van der Waals surface area contributed by atoms with E-state index in [0.717, 1.165) is 22.4 Å². The van der Waals surface area contributed by atoms with Crippen LogP contribution in [0.15, 0.2) is 42.5 Å². The SMILES string of the molecule is COc1ccc(NC(=O)NCC(O)c2ccccc2C)c(C)c1. The third-order valence-corrected chi connectivity index (χ3v) is 3.69. The summed E-state index contributed by atoms with van der Waals surface area (Å²) in [5, 5.41) is 15.6. The van der Waals surface area contributed by atoms with Crippen LogP contribution in [0, 0.1) is 13.8 Å². The summed E-state index contributed by atoms with van der Waals surface area (Å²) in [6.45, 7) is 3.96. The molecular weight excluding hydrogens is 292 g/mol. The minimum Gasteiger partial charge on any atom is -0.497 e. The smallest absolute Gasteiger partial charge is 0.319 e. The summed E-state index contributed by atoms with van der Waals surface area (Å²) < 4.78 is 5.13. The van der Waals surface area contributed by atoms with Crippen LogP contribution in [0.2, 0.25) is 0 Å². The molecule has 1 unspecified atom stereocenters. The molecular formula is C18H22N2O3. The maximum absolute atomic E-state index is 12.0. The van der Waals surface area contributed by atoms with E-state index in [4.69, 9.17) is 4.74 Å². The predicted octanol–water partition coefficient (Wildman–Crippen LogP) is 3.17. The summed E-state index contributed by atoms with van der Waals surface area (Å²) in [5.74, 6) is 0.739. The third-order valence-electron chi connectivity index (χ3n) is 3.69. The number of hydrogen-bond donors (Lipinski definition) is 3. The first-order chi connectivity index (χ1) is 11.0. The molecule has 2 aromatic rings. The highest BCUT2D eigenvalue weighted by molar-refractivity contribution is 5.90. The number of benzene rings is 2. The molecule has 0 saturated carbocycles. The molecule has 0 aliphatic carbocycles. The molecule has 0 aliphatic heterocycles. The molecule has 3 N–H and O–H groups in total. The lowest BCUT2D eigenvalue weighted by atomic mass is 10.0. The van der Waals surface area contributed by atoms with Gasteiger partial charge in [-0.25, -0.2) is 4.79 Å². The Bertz CT molecular complexity index is 686. The van der Waals surface area contributed by atoms with Crippen LogP contribution in [0.1, 0.15) is 22.8 Å². The number of methoxy groups -OCH3 is 1. The van der Waals surface area contributed by atoms with Crippen molar-refractivity contribution < 1.29 is 14.6 Å². The van der Waals surface area contributed by atoms with Crippen molar-refractivity contribution in [2.45, 2.75) is 20.0 Å². The fourth-order valence-corrected chi connectivity index (χ4v) is 2.33. The fraction of sp³-hybridized carbons (Fsp3) is 0.278. The van der Waals surface area contributed by atoms with Gasteiger partial charge in [-0.1, -0.05) is 24.3 Å². The number of rotatable bonds is 5. The average Bonchev–Trinajstić information content (AvgIpc) is 2.55. The molecule has 0 saturated heterocycles. The largest absolute Gasteiger partial charge is 0.497 e. The summed E-state index contributed by atoms with van der Waals surface area (Å²) in [6.07, 6.45) is -0.737. The Morgan fingerprint density at radius 1 is 1.17 bits per heavy atom. The number of nitrogens with one attached hydrogen (secondary N) is 2. The molecule has 0 bridgehead atoms. The van der Waals surface area contributed by atoms with Crippen LogP contribution in [0.4, 0.5) is 10.5 Å². The van der Waals surface area contributed by atoms with Crippen molar-refractivity contribution in [3.8, 4) is 5.75 Å². The lowest BCUT2D eigenvalue weighted by molar-refractivity contribution is 0.174. The Morgan fingerprint density at radius 2 is 1.91 bits per heavy atom. The second kappa shape index (κ2) is 7.65. The number of aliphatic hydroxyl groups is 1. The minimum atomic E-state index is -0.737. The average molecular weight is 314 g/mol. The van der Waals surface area contributed by atoms with E-state index in [1.807, 2.05) is 44.2 Å². The summed E-state index contributed by atoms with van der Waals surface area (Å²) in [5.41, 5.74) is 3.41. The molecule has 0 fully saturated rings. The van der Waals surface area contributed by atoms with Gasteiger partial charge < -0.3 is 20.5 Å². The van der Waals surface area contributed by atoms with Crippen molar-refractivity contribution in [2.24, 2.45) is 0 Å². The Labute approximate surface area is 136 Å². The van der Waals surface area contributed by atoms with Crippen LogP contribution in [0.3, 0.4) is 0 Å². The monoisotopic (exact) mass is 314 g/mol. The number of amides is 2. The molecule has 2 aromatic carbocycles. The maximum Gasteiger partial charge on any atom is 0.319 e. The van der Waals surface area contributed by atoms with Gasteiger partial charge in [0, 0.05) is 12.2 Å². The van der Waals surface area contributed by atoms with Gasteiger partial charge >= 0.3 is 6.03 Å². The highest BCUT2D eigenvalue weighted by atomic mass is 16.5. The van der Waals surface area contributed by atoms with Crippen molar-refractivity contribution in [3.63, 3.8) is 0 Å². The van der Waals surface area contributed by atoms with Gasteiger partial charge in [0.25, 0.3) is 0 Å². The summed E-state index contributed by atoms with van der Waals surface area (Å²) >= 11 is 0. The number of carbonyl (C=O) groups is 1. The Morgan fingerprint density at radius 3 is 2.57 bits per heavy atom. The molecule has 0 aliphatic rings. The van der Waals surface area contributed by atoms with Gasteiger partial charge in [0.2, 0.25) is 0 Å². The maximum atomic E-state index is 12.0. The fourth-order valence-electron chi connectivity index (χ4n) is 2.33. The van der Waals surface area contributed by atoms with Gasteiger partial charge in [0.05, 0.1) is 13.2 Å². The van der Waals surface area contributed by atoms with Gasteiger partial charge in [-0.3, -0.25) is 0 Å². The lowest BCUT2D eigenvalue weighted by Gasteiger charge is -2.15. The zero-order chi connectivity index (χ0) is 16.8. The minimum absolute atomic E-state index is 0.145. The predicted molar refractivity (Wildman–Crippen MR) is 90.9 cm³/mol. The van der Waals surface area contributed by atoms with E-state index in [1.165, 1.54) is 0 Å². The quantitative estimate of drug-likeness (QED) is 0.794. The molecule has 5 nitrogen and oxygen atoms in total. The van der Waals surface area contributed by atoms with E-state index in [0.29, 0.717) is 5.69 Å². The van der Waals surface area contributed by atoms with Gasteiger partial charge in [-0.15, -0.1) is 0 Å². The summed E-state index contributed by atoms with van der Waals surface area (Å²) in [6, 6.07) is 12.6. The Kier molecular flexibility index (Phi) is 5.60. The molecule has 5 heteroatoms. The van der Waals surface area contributed by atoms with Crippen molar-refractivity contribution in [3.05, 3.63) is 59.2 Å². The number of aryl methyl sites for hydroxylation is 2. The Balaban J connectivity index is 1.91. The van der Waals surface area contributed by atoms with E-state index >= 15 is 0 Å². The molecule has 2 rings (SSSR count). The normalized spacial score (nSPS) is 11.7. The van der Waals surface area contributed by atoms with Crippen molar-refractivity contribution in [1.82, 2.24) is 5.32 Å². The number of hydrogen-bond acceptors (Lipinski definition) is 3. The molecule has 23 heavy (non-hydrogen) atoms. The van der Waals surface area contributed by atoms with E-state index in [2.05, 4.69) is 10.6 Å². The van der Waals surface area contributed by atoms with Gasteiger partial charge in [-0.05, 0) is 48.7 Å². The molecule has 0 heterocycles. The van der Waals surface area contributed by atoms with Crippen LogP contribution >= 0.6 is 0 Å². The highest BCUT2D eigenvalue weighted by Crippen LogP contribution is 2.21. The molecule has 0 aromatic heterocycles. The number of aliphatic hydroxyl groups excluding tert-OH is 1. The van der Waals surface area contributed by atoms with Crippen LogP contribution in [-0.4, -0.2) is 24.8 Å². The standard InChI is InChI=1S/C18H22N2O3/c1-12-6-4-5-7-15(12)17(21)11-19-18(22)20-16-9-8-14(23-3)10-13(16)2/h4-10,17,21H,11H2,1-3H3,(H2,19,20,22). The number of anilines is 1. The summed E-state index contributed by atoms with van der Waals surface area (Å²) in [7, 11) is 1.60. The van der Waals surface area contributed by atoms with Crippen LogP contribution in [-0.2, 0) is 0 Å². The van der Waals surface area contributed by atoms with Crippen LogP contribution in [0.5, 0.6) is 5.75 Å². The first-order valence-electron chi connectivity index (χ1n) is 7.44. The molecule has 0 spiro atoms. The van der Waals surface area contributed by atoms with Crippen LogP contribution in [0.25, 0.3) is 0 Å². The molecule has 1 atom stereocenters. The second-order valence-electron chi connectivity index (χ2n) is 5.39. The number of urea groups is 1.